The first-order valence-electron chi connectivity index (χ1n) is 8.87. The highest BCUT2D eigenvalue weighted by Crippen LogP contribution is 2.37. The van der Waals surface area contributed by atoms with Crippen LogP contribution in [0.5, 0.6) is 0 Å². The van der Waals surface area contributed by atoms with Gasteiger partial charge in [-0.05, 0) is 24.1 Å². The fraction of sp³-hybridized carbons (Fsp3) is 0.333. The van der Waals surface area contributed by atoms with Crippen molar-refractivity contribution in [3.8, 4) is 0 Å². The molecule has 0 aliphatic carbocycles. The summed E-state index contributed by atoms with van der Waals surface area (Å²) in [4.78, 5) is 30.6. The summed E-state index contributed by atoms with van der Waals surface area (Å²) in [5, 5.41) is 0.858. The normalized spacial score (nSPS) is 14.7. The third-order valence-electron chi connectivity index (χ3n) is 4.81. The van der Waals surface area contributed by atoms with Gasteiger partial charge in [0.1, 0.15) is 15.5 Å². The summed E-state index contributed by atoms with van der Waals surface area (Å²) in [6.07, 6.45) is 4.33. The number of carbonyl (C=O) groups is 1. The zero-order valence-electron chi connectivity index (χ0n) is 15.1. The minimum Gasteiger partial charge on any atom is -0.397 e. The molecule has 0 atom stereocenters. The number of nitrogens with two attached hydrogens (primary N) is 2. The van der Waals surface area contributed by atoms with Crippen LogP contribution in [-0.2, 0) is 6.42 Å². The lowest BCUT2D eigenvalue weighted by Crippen LogP contribution is -2.47. The summed E-state index contributed by atoms with van der Waals surface area (Å²) in [6, 6.07) is 3.89. The van der Waals surface area contributed by atoms with Crippen molar-refractivity contribution in [2.75, 3.05) is 41.7 Å². The lowest BCUT2D eigenvalue weighted by atomic mass is 10.1. The van der Waals surface area contributed by atoms with Crippen LogP contribution in [0.25, 0.3) is 10.2 Å². The lowest BCUT2D eigenvalue weighted by molar-refractivity contribution is 0.100. The second-order valence-corrected chi connectivity index (χ2v) is 7.40. The van der Waals surface area contributed by atoms with E-state index in [1.54, 1.807) is 12.4 Å². The Bertz CT molecular complexity index is 980. The van der Waals surface area contributed by atoms with Gasteiger partial charge in [0.05, 0.1) is 5.69 Å². The van der Waals surface area contributed by atoms with Crippen molar-refractivity contribution >= 4 is 44.9 Å². The molecule has 140 valence electrons. The predicted molar refractivity (Wildman–Crippen MR) is 108 cm³/mol. The van der Waals surface area contributed by atoms with Crippen molar-refractivity contribution in [3.05, 3.63) is 35.0 Å². The molecule has 1 saturated heterocycles. The molecule has 4 heterocycles. The number of primary amides is 1. The third-order valence-corrected chi connectivity index (χ3v) is 5.92. The van der Waals surface area contributed by atoms with E-state index < -0.39 is 5.91 Å². The Hall–Kier alpha value is -2.94. The number of fused-ring (bicyclic) bond motifs is 1. The zero-order chi connectivity index (χ0) is 19.0. The summed E-state index contributed by atoms with van der Waals surface area (Å²) in [6.45, 7) is 5.37. The highest BCUT2D eigenvalue weighted by atomic mass is 32.1. The monoisotopic (exact) mass is 383 g/mol. The highest BCUT2D eigenvalue weighted by molar-refractivity contribution is 7.21. The van der Waals surface area contributed by atoms with E-state index in [0.29, 0.717) is 10.6 Å². The molecule has 0 radical (unpaired) electrons. The fourth-order valence-corrected chi connectivity index (χ4v) is 4.39. The average molecular weight is 383 g/mol. The number of hydrogen-bond acceptors (Lipinski definition) is 8. The van der Waals surface area contributed by atoms with Gasteiger partial charge in [-0.1, -0.05) is 6.92 Å². The van der Waals surface area contributed by atoms with Gasteiger partial charge in [0, 0.05) is 44.0 Å². The smallest absolute Gasteiger partial charge is 0.260 e. The van der Waals surface area contributed by atoms with Crippen LogP contribution in [0.15, 0.2) is 24.5 Å². The Morgan fingerprint density at radius 3 is 2.48 bits per heavy atom. The Morgan fingerprint density at radius 2 is 1.85 bits per heavy atom. The van der Waals surface area contributed by atoms with Crippen LogP contribution in [0, 0.1) is 0 Å². The predicted octanol–water partition coefficient (Wildman–Crippen LogP) is 1.66. The summed E-state index contributed by atoms with van der Waals surface area (Å²) in [5.41, 5.74) is 13.2. The van der Waals surface area contributed by atoms with Crippen molar-refractivity contribution in [2.24, 2.45) is 5.73 Å². The van der Waals surface area contributed by atoms with Gasteiger partial charge in [-0.25, -0.2) is 15.0 Å². The van der Waals surface area contributed by atoms with E-state index in [4.69, 9.17) is 16.5 Å². The van der Waals surface area contributed by atoms with Crippen molar-refractivity contribution < 1.29 is 4.79 Å². The number of piperazine rings is 1. The first kappa shape index (κ1) is 17.5. The van der Waals surface area contributed by atoms with Gasteiger partial charge in [0.2, 0.25) is 5.95 Å². The van der Waals surface area contributed by atoms with E-state index in [9.17, 15) is 4.79 Å². The summed E-state index contributed by atoms with van der Waals surface area (Å²) < 4.78 is 0. The molecule has 4 rings (SSSR count). The minimum atomic E-state index is -0.504. The average Bonchev–Trinajstić information content (AvgIpc) is 3.05. The van der Waals surface area contributed by atoms with Crippen LogP contribution in [0.2, 0.25) is 0 Å². The molecule has 1 fully saturated rings. The van der Waals surface area contributed by atoms with Gasteiger partial charge >= 0.3 is 0 Å². The number of aromatic nitrogens is 3. The Labute approximate surface area is 160 Å². The molecule has 0 spiro atoms. The third kappa shape index (κ3) is 3.14. The van der Waals surface area contributed by atoms with Crippen molar-refractivity contribution in [3.63, 3.8) is 0 Å². The largest absolute Gasteiger partial charge is 0.397 e. The van der Waals surface area contributed by atoms with Crippen molar-refractivity contribution in [1.29, 1.82) is 0 Å². The number of hydrogen-bond donors (Lipinski definition) is 2. The van der Waals surface area contributed by atoms with E-state index in [-0.39, 0.29) is 0 Å². The van der Waals surface area contributed by atoms with Gasteiger partial charge in [0.15, 0.2) is 0 Å². The lowest BCUT2D eigenvalue weighted by Gasteiger charge is -2.35. The van der Waals surface area contributed by atoms with Crippen molar-refractivity contribution in [1.82, 2.24) is 15.0 Å². The van der Waals surface area contributed by atoms with Gasteiger partial charge in [-0.2, -0.15) is 0 Å². The Kier molecular flexibility index (Phi) is 4.53. The molecule has 3 aromatic rings. The number of aryl methyl sites for hydroxylation is 1. The number of rotatable bonds is 4. The van der Waals surface area contributed by atoms with Crippen LogP contribution in [-0.4, -0.2) is 47.0 Å². The second kappa shape index (κ2) is 6.99. The molecular formula is C18H21N7OS. The van der Waals surface area contributed by atoms with Gasteiger partial charge in [-0.15, -0.1) is 11.3 Å². The maximum absolute atomic E-state index is 11.6. The number of nitrogen functional groups attached to an aromatic ring is 1. The molecular weight excluding hydrogens is 362 g/mol. The topological polar surface area (TPSA) is 114 Å². The molecule has 0 bridgehead atoms. The molecule has 9 heteroatoms. The second-order valence-electron chi connectivity index (χ2n) is 6.41. The summed E-state index contributed by atoms with van der Waals surface area (Å²) in [7, 11) is 0. The van der Waals surface area contributed by atoms with E-state index in [1.165, 1.54) is 11.3 Å². The van der Waals surface area contributed by atoms with Gasteiger partial charge < -0.3 is 21.3 Å². The molecule has 1 aliphatic heterocycles. The van der Waals surface area contributed by atoms with E-state index in [2.05, 4.69) is 32.8 Å². The summed E-state index contributed by atoms with van der Waals surface area (Å²) >= 11 is 1.27. The minimum absolute atomic E-state index is 0.385. The number of carbonyl (C=O) groups excluding carboxylic acids is 1. The number of anilines is 3. The van der Waals surface area contributed by atoms with Gasteiger partial charge in [0.25, 0.3) is 5.91 Å². The molecule has 3 aromatic heterocycles. The van der Waals surface area contributed by atoms with Crippen LogP contribution < -0.4 is 21.3 Å². The number of amides is 1. The zero-order valence-corrected chi connectivity index (χ0v) is 15.9. The van der Waals surface area contributed by atoms with Crippen LogP contribution in [0.3, 0.4) is 0 Å². The number of thiophene rings is 1. The first-order chi connectivity index (χ1) is 13.1. The first-order valence-corrected chi connectivity index (χ1v) is 9.68. The quantitative estimate of drug-likeness (QED) is 0.704. The Morgan fingerprint density at radius 1 is 1.19 bits per heavy atom. The maximum Gasteiger partial charge on any atom is 0.260 e. The van der Waals surface area contributed by atoms with E-state index >= 15 is 0 Å². The molecule has 0 saturated carbocycles. The molecule has 4 N–H and O–H groups in total. The molecule has 27 heavy (non-hydrogen) atoms. The SMILES string of the molecule is CCc1cc(N2CCN(c3ncccn3)CC2)nc2sc(C(N)=O)c(N)c12. The van der Waals surface area contributed by atoms with E-state index in [0.717, 1.165) is 60.1 Å². The van der Waals surface area contributed by atoms with Crippen LogP contribution >= 0.6 is 11.3 Å². The molecule has 1 amide bonds. The Balaban J connectivity index is 1.62. The molecule has 0 unspecified atom stereocenters. The summed E-state index contributed by atoms with van der Waals surface area (Å²) in [5.74, 6) is 1.16. The maximum atomic E-state index is 11.6. The number of pyridine rings is 1. The fourth-order valence-electron chi connectivity index (χ4n) is 3.40. The standard InChI is InChI=1S/C18H21N7OS/c1-2-11-10-12(23-17-13(11)14(19)15(27-17)16(20)26)24-6-8-25(9-7-24)18-21-4-3-5-22-18/h3-5,10H,2,6-9,19H2,1H3,(H2,20,26). The van der Waals surface area contributed by atoms with Crippen LogP contribution in [0.1, 0.15) is 22.2 Å². The molecule has 8 nitrogen and oxygen atoms in total. The highest BCUT2D eigenvalue weighted by Gasteiger charge is 2.23. The number of nitrogens with zero attached hydrogens (tertiary/aromatic N) is 5. The van der Waals surface area contributed by atoms with Crippen molar-refractivity contribution in [2.45, 2.75) is 13.3 Å². The van der Waals surface area contributed by atoms with E-state index in [1.807, 2.05) is 6.07 Å². The molecule has 1 aliphatic rings. The van der Waals surface area contributed by atoms with Gasteiger partial charge in [-0.3, -0.25) is 4.79 Å². The van der Waals surface area contributed by atoms with Crippen LogP contribution in [0.4, 0.5) is 17.5 Å². The molecule has 0 aromatic carbocycles.